The van der Waals surface area contributed by atoms with Crippen LogP contribution in [0.5, 0.6) is 11.5 Å². The third-order valence-electron chi connectivity index (χ3n) is 4.99. The maximum atomic E-state index is 12.8. The molecule has 28 heavy (non-hydrogen) atoms. The average molecular weight is 387 g/mol. The molecule has 0 radical (unpaired) electrons. The monoisotopic (exact) mass is 386 g/mol. The molecule has 152 valence electrons. The van der Waals surface area contributed by atoms with Crippen molar-refractivity contribution < 1.29 is 19.0 Å². The first-order valence-corrected chi connectivity index (χ1v) is 9.87. The normalized spacial score (nSPS) is 12.2. The van der Waals surface area contributed by atoms with E-state index in [1.165, 1.54) is 12.5 Å². The van der Waals surface area contributed by atoms with Gasteiger partial charge in [0.15, 0.2) is 5.78 Å². The summed E-state index contributed by atoms with van der Waals surface area (Å²) < 4.78 is 18.5. The lowest BCUT2D eigenvalue weighted by Gasteiger charge is -2.15. The van der Waals surface area contributed by atoms with Crippen molar-refractivity contribution in [2.24, 2.45) is 0 Å². The lowest BCUT2D eigenvalue weighted by molar-refractivity contribution is -0.121. The standard InChI is InChI=1S/C24H31FO3/c1-15(2)22-12-19(7-9-24(22)27)13-23-16(3)10-21(11-17(23)4)28-14-20(26)8-6-18(5)25/h7,9-12,15,18,27H,6,8,13-14H2,1-5H3. The van der Waals surface area contributed by atoms with Crippen LogP contribution in [0.1, 0.15) is 67.3 Å². The van der Waals surface area contributed by atoms with Gasteiger partial charge in [-0.1, -0.05) is 26.0 Å². The molecule has 0 aliphatic carbocycles. The summed E-state index contributed by atoms with van der Waals surface area (Å²) in [4.78, 5) is 11.8. The van der Waals surface area contributed by atoms with Gasteiger partial charge in [0, 0.05) is 6.42 Å². The molecule has 0 fully saturated rings. The van der Waals surface area contributed by atoms with Crippen LogP contribution in [-0.4, -0.2) is 23.7 Å². The number of phenols is 1. The average Bonchev–Trinajstić information content (AvgIpc) is 2.62. The number of rotatable bonds is 9. The molecule has 2 aromatic rings. The summed E-state index contributed by atoms with van der Waals surface area (Å²) in [6.07, 6.45) is 0.242. The van der Waals surface area contributed by atoms with E-state index in [9.17, 15) is 14.3 Å². The van der Waals surface area contributed by atoms with Gasteiger partial charge in [-0.25, -0.2) is 4.39 Å². The molecule has 2 aromatic carbocycles. The maximum Gasteiger partial charge on any atom is 0.170 e. The Morgan fingerprint density at radius 1 is 1.11 bits per heavy atom. The number of carbonyl (C=O) groups is 1. The fourth-order valence-electron chi connectivity index (χ4n) is 3.29. The van der Waals surface area contributed by atoms with Crippen molar-refractivity contribution in [3.8, 4) is 11.5 Å². The molecule has 3 nitrogen and oxygen atoms in total. The molecule has 0 aliphatic heterocycles. The van der Waals surface area contributed by atoms with Crippen molar-refractivity contribution >= 4 is 5.78 Å². The van der Waals surface area contributed by atoms with E-state index in [1.54, 1.807) is 6.07 Å². The second-order valence-corrected chi connectivity index (χ2v) is 7.91. The first-order chi connectivity index (χ1) is 13.2. The number of Topliss-reactive ketones (excluding diaryl/α,β-unsaturated/α-hetero) is 1. The van der Waals surface area contributed by atoms with E-state index in [4.69, 9.17) is 4.74 Å². The highest BCUT2D eigenvalue weighted by molar-refractivity contribution is 5.79. The minimum Gasteiger partial charge on any atom is -0.508 e. The summed E-state index contributed by atoms with van der Waals surface area (Å²) in [5, 5.41) is 10.0. The highest BCUT2D eigenvalue weighted by Gasteiger charge is 2.12. The molecular formula is C24H31FO3. The molecule has 0 spiro atoms. The van der Waals surface area contributed by atoms with Gasteiger partial charge in [0.05, 0.1) is 6.17 Å². The van der Waals surface area contributed by atoms with Gasteiger partial charge in [0.2, 0.25) is 0 Å². The second kappa shape index (κ2) is 9.72. The molecule has 0 saturated heterocycles. The first kappa shape index (κ1) is 21.9. The number of alkyl halides is 1. The van der Waals surface area contributed by atoms with E-state index in [0.29, 0.717) is 11.5 Å². The SMILES string of the molecule is Cc1cc(OCC(=O)CCC(C)F)cc(C)c1Cc1ccc(O)c(C(C)C)c1. The predicted octanol–water partition coefficient (Wildman–Crippen LogP) is 5.81. The molecular weight excluding hydrogens is 355 g/mol. The molecule has 0 saturated carbocycles. The fourth-order valence-corrected chi connectivity index (χ4v) is 3.29. The molecule has 1 N–H and O–H groups in total. The third-order valence-corrected chi connectivity index (χ3v) is 4.99. The summed E-state index contributed by atoms with van der Waals surface area (Å²) in [5.74, 6) is 1.17. The van der Waals surface area contributed by atoms with Gasteiger partial charge >= 0.3 is 0 Å². The van der Waals surface area contributed by atoms with Gasteiger partial charge in [-0.05, 0) is 85.5 Å². The van der Waals surface area contributed by atoms with Crippen LogP contribution in [0.25, 0.3) is 0 Å². The Bertz CT molecular complexity index is 802. The zero-order valence-corrected chi connectivity index (χ0v) is 17.5. The van der Waals surface area contributed by atoms with Crippen molar-refractivity contribution in [2.45, 2.75) is 66.0 Å². The van der Waals surface area contributed by atoms with Crippen molar-refractivity contribution in [3.05, 3.63) is 58.1 Å². The smallest absolute Gasteiger partial charge is 0.170 e. The van der Waals surface area contributed by atoms with Crippen LogP contribution >= 0.6 is 0 Å². The number of hydrogen-bond donors (Lipinski definition) is 1. The minimum absolute atomic E-state index is 0.0271. The van der Waals surface area contributed by atoms with E-state index < -0.39 is 6.17 Å². The van der Waals surface area contributed by atoms with Gasteiger partial charge in [-0.15, -0.1) is 0 Å². The van der Waals surface area contributed by atoms with Crippen LogP contribution in [0.4, 0.5) is 4.39 Å². The van der Waals surface area contributed by atoms with E-state index >= 15 is 0 Å². The van der Waals surface area contributed by atoms with Crippen LogP contribution in [0, 0.1) is 13.8 Å². The highest BCUT2D eigenvalue weighted by atomic mass is 19.1. The van der Waals surface area contributed by atoms with E-state index in [0.717, 1.165) is 28.7 Å². The first-order valence-electron chi connectivity index (χ1n) is 9.87. The zero-order chi connectivity index (χ0) is 20.8. The van der Waals surface area contributed by atoms with E-state index in [1.807, 2.05) is 32.0 Å². The number of ketones is 1. The molecule has 0 bridgehead atoms. The minimum atomic E-state index is -0.969. The topological polar surface area (TPSA) is 46.5 Å². The number of ether oxygens (including phenoxy) is 1. The second-order valence-electron chi connectivity index (χ2n) is 7.91. The van der Waals surface area contributed by atoms with Crippen molar-refractivity contribution in [3.63, 3.8) is 0 Å². The van der Waals surface area contributed by atoms with Gasteiger partial charge in [0.25, 0.3) is 0 Å². The van der Waals surface area contributed by atoms with Gasteiger partial charge < -0.3 is 9.84 Å². The summed E-state index contributed by atoms with van der Waals surface area (Å²) in [6, 6.07) is 9.66. The van der Waals surface area contributed by atoms with Crippen LogP contribution in [0.15, 0.2) is 30.3 Å². The highest BCUT2D eigenvalue weighted by Crippen LogP contribution is 2.29. The third kappa shape index (κ3) is 6.08. The van der Waals surface area contributed by atoms with Crippen molar-refractivity contribution in [1.29, 1.82) is 0 Å². The largest absolute Gasteiger partial charge is 0.508 e. The fraction of sp³-hybridized carbons (Fsp3) is 0.458. The molecule has 0 aromatic heterocycles. The Balaban J connectivity index is 2.10. The summed E-state index contributed by atoms with van der Waals surface area (Å²) in [7, 11) is 0. The maximum absolute atomic E-state index is 12.8. The Morgan fingerprint density at radius 3 is 2.32 bits per heavy atom. The van der Waals surface area contributed by atoms with Gasteiger partial charge in [-0.2, -0.15) is 0 Å². The lowest BCUT2D eigenvalue weighted by Crippen LogP contribution is -2.13. The summed E-state index contributed by atoms with van der Waals surface area (Å²) in [5.41, 5.74) is 5.51. The molecule has 2 rings (SSSR count). The van der Waals surface area contributed by atoms with Crippen LogP contribution in [0.3, 0.4) is 0 Å². The number of carbonyl (C=O) groups excluding carboxylic acids is 1. The van der Waals surface area contributed by atoms with Gasteiger partial charge in [-0.3, -0.25) is 4.79 Å². The Hall–Kier alpha value is -2.36. The van der Waals surface area contributed by atoms with Crippen LogP contribution in [-0.2, 0) is 11.2 Å². The van der Waals surface area contributed by atoms with E-state index in [-0.39, 0.29) is 31.1 Å². The number of phenolic OH excluding ortho intramolecular Hbond substituents is 1. The number of benzene rings is 2. The number of hydrogen-bond acceptors (Lipinski definition) is 3. The lowest BCUT2D eigenvalue weighted by atomic mass is 9.93. The predicted molar refractivity (Wildman–Crippen MR) is 111 cm³/mol. The molecule has 1 unspecified atom stereocenters. The Morgan fingerprint density at radius 2 is 1.75 bits per heavy atom. The van der Waals surface area contributed by atoms with Crippen molar-refractivity contribution in [2.75, 3.05) is 6.61 Å². The van der Waals surface area contributed by atoms with E-state index in [2.05, 4.69) is 19.9 Å². The number of aromatic hydroxyl groups is 1. The van der Waals surface area contributed by atoms with Crippen molar-refractivity contribution in [1.82, 2.24) is 0 Å². The molecule has 0 amide bonds. The Kier molecular flexibility index (Phi) is 7.61. The number of halogens is 1. The summed E-state index contributed by atoms with van der Waals surface area (Å²) >= 11 is 0. The molecule has 4 heteroatoms. The molecule has 1 atom stereocenters. The van der Waals surface area contributed by atoms with Crippen LogP contribution in [0.2, 0.25) is 0 Å². The quantitative estimate of drug-likeness (QED) is 0.591. The summed E-state index contributed by atoms with van der Waals surface area (Å²) in [6.45, 7) is 9.63. The number of aryl methyl sites for hydroxylation is 2. The molecule has 0 aliphatic rings. The van der Waals surface area contributed by atoms with Crippen LogP contribution < -0.4 is 4.74 Å². The zero-order valence-electron chi connectivity index (χ0n) is 17.5. The van der Waals surface area contributed by atoms with Gasteiger partial charge in [0.1, 0.15) is 18.1 Å². The molecule has 0 heterocycles. The Labute approximate surface area is 167 Å².